The van der Waals surface area contributed by atoms with E-state index in [0.29, 0.717) is 18.0 Å². The molecule has 1 unspecified atom stereocenters. The van der Waals surface area contributed by atoms with Crippen molar-refractivity contribution in [2.45, 2.75) is 38.0 Å². The zero-order valence-electron chi connectivity index (χ0n) is 22.5. The zero-order valence-corrected chi connectivity index (χ0v) is 24.1. The molecule has 0 radical (unpaired) electrons. The molecule has 206 valence electrons. The van der Waals surface area contributed by atoms with Crippen LogP contribution >= 0.6 is 0 Å². The van der Waals surface area contributed by atoms with E-state index in [1.807, 2.05) is 38.1 Å². The molecule has 1 aliphatic heterocycles. The Hall–Kier alpha value is -1.82. The third-order valence-electron chi connectivity index (χ3n) is 7.14. The van der Waals surface area contributed by atoms with Crippen molar-refractivity contribution in [2.24, 2.45) is 0 Å². The third kappa shape index (κ3) is 8.33. The normalized spacial score (nSPS) is 17.0. The van der Waals surface area contributed by atoms with Gasteiger partial charge in [0.1, 0.15) is 17.3 Å². The standard InChI is InChI=1S/C27H40N2O6S2/c1-26(2,22-6-10-24(30)11-7-22)23-8-12-25(13-9-23)35-37(32,33)21-19-29-16-14-28(15-17-29)18-20-36(31)27(3,4)34-5/h6-13,30H,14-21H2,1-5H3. The second-order valence-corrected chi connectivity index (χ2v) is 14.2. The number of methoxy groups -OCH3 is 1. The molecule has 0 spiro atoms. The molecule has 0 aromatic heterocycles. The van der Waals surface area contributed by atoms with Gasteiger partial charge in [-0.2, -0.15) is 8.42 Å². The average molecular weight is 553 g/mol. The fourth-order valence-electron chi connectivity index (χ4n) is 4.19. The number of hydrogen-bond donors (Lipinski definition) is 1. The summed E-state index contributed by atoms with van der Waals surface area (Å²) in [5, 5.41) is 9.56. The molecular weight excluding hydrogens is 512 g/mol. The third-order valence-corrected chi connectivity index (χ3v) is 10.1. The summed E-state index contributed by atoms with van der Waals surface area (Å²) < 4.78 is 48.3. The number of piperazine rings is 1. The Balaban J connectivity index is 1.45. The summed E-state index contributed by atoms with van der Waals surface area (Å²) in [5.41, 5.74) is 1.73. The van der Waals surface area contributed by atoms with Crippen LogP contribution in [-0.2, 0) is 31.4 Å². The van der Waals surface area contributed by atoms with Crippen LogP contribution in [0.15, 0.2) is 48.5 Å². The predicted octanol–water partition coefficient (Wildman–Crippen LogP) is 3.18. The molecule has 0 saturated carbocycles. The molecule has 2 aromatic carbocycles. The Morgan fingerprint density at radius 2 is 1.38 bits per heavy atom. The highest BCUT2D eigenvalue weighted by atomic mass is 32.2. The molecule has 1 fully saturated rings. The van der Waals surface area contributed by atoms with Gasteiger partial charge in [0.15, 0.2) is 0 Å². The Morgan fingerprint density at radius 1 is 0.892 bits per heavy atom. The van der Waals surface area contributed by atoms with Gasteiger partial charge < -0.3 is 18.6 Å². The Kier molecular flexibility index (Phi) is 9.93. The summed E-state index contributed by atoms with van der Waals surface area (Å²) in [5.74, 6) is 0.977. The monoisotopic (exact) mass is 552 g/mol. The largest absolute Gasteiger partial charge is 0.614 e. The van der Waals surface area contributed by atoms with Gasteiger partial charge in [-0.25, -0.2) is 0 Å². The van der Waals surface area contributed by atoms with E-state index in [2.05, 4.69) is 23.6 Å². The summed E-state index contributed by atoms with van der Waals surface area (Å²) in [6.45, 7) is 12.1. The van der Waals surface area contributed by atoms with Gasteiger partial charge in [-0.05, 0) is 46.6 Å². The first-order chi connectivity index (χ1) is 17.3. The number of ether oxygens (including phenoxy) is 1. The van der Waals surface area contributed by atoms with E-state index in [1.54, 1.807) is 31.4 Å². The second kappa shape index (κ2) is 12.4. The summed E-state index contributed by atoms with van der Waals surface area (Å²) in [7, 11) is -2.16. The highest BCUT2D eigenvalue weighted by Crippen LogP contribution is 2.33. The number of benzene rings is 2. The van der Waals surface area contributed by atoms with Gasteiger partial charge in [-0.3, -0.25) is 9.80 Å². The van der Waals surface area contributed by atoms with E-state index in [4.69, 9.17) is 8.92 Å². The van der Waals surface area contributed by atoms with Crippen molar-refractivity contribution in [1.29, 1.82) is 0 Å². The first kappa shape index (κ1) is 29.7. The van der Waals surface area contributed by atoms with Gasteiger partial charge in [-0.15, -0.1) is 0 Å². The number of phenolic OH excluding ortho intramolecular Hbond substituents is 1. The molecule has 1 N–H and O–H groups in total. The molecule has 0 amide bonds. The summed E-state index contributed by atoms with van der Waals surface area (Å²) >= 11 is -1.08. The van der Waals surface area contributed by atoms with Gasteiger partial charge in [0.25, 0.3) is 0 Å². The maximum absolute atomic E-state index is 12.6. The summed E-state index contributed by atoms with van der Waals surface area (Å²) in [4.78, 5) is 3.72. The van der Waals surface area contributed by atoms with Crippen molar-refractivity contribution in [2.75, 3.05) is 57.9 Å². The van der Waals surface area contributed by atoms with Crippen molar-refractivity contribution in [3.8, 4) is 11.5 Å². The molecule has 1 heterocycles. The fraction of sp³-hybridized carbons (Fsp3) is 0.556. The lowest BCUT2D eigenvalue weighted by Crippen LogP contribution is -2.49. The van der Waals surface area contributed by atoms with Gasteiger partial charge in [0.2, 0.25) is 4.93 Å². The molecule has 0 bridgehead atoms. The molecule has 10 heteroatoms. The van der Waals surface area contributed by atoms with Crippen LogP contribution in [0.25, 0.3) is 0 Å². The number of nitrogens with zero attached hydrogens (tertiary/aromatic N) is 2. The fourth-order valence-corrected chi connectivity index (χ4v) is 6.26. The molecule has 1 aliphatic rings. The summed E-state index contributed by atoms with van der Waals surface area (Å²) in [6.07, 6.45) is 0. The van der Waals surface area contributed by atoms with Crippen LogP contribution in [0, 0.1) is 0 Å². The van der Waals surface area contributed by atoms with Crippen LogP contribution in [0.3, 0.4) is 0 Å². The van der Waals surface area contributed by atoms with Gasteiger partial charge in [0, 0.05) is 65.6 Å². The smallest absolute Gasteiger partial charge is 0.310 e. The first-order valence-corrected chi connectivity index (χ1v) is 15.4. The lowest BCUT2D eigenvalue weighted by atomic mass is 9.78. The van der Waals surface area contributed by atoms with Crippen molar-refractivity contribution in [3.63, 3.8) is 0 Å². The van der Waals surface area contributed by atoms with Crippen LogP contribution in [0.1, 0.15) is 38.8 Å². The Morgan fingerprint density at radius 3 is 1.89 bits per heavy atom. The second-order valence-electron chi connectivity index (χ2n) is 10.4. The van der Waals surface area contributed by atoms with Gasteiger partial charge >= 0.3 is 10.1 Å². The maximum atomic E-state index is 12.6. The Labute approximate surface area is 224 Å². The quantitative estimate of drug-likeness (QED) is 0.317. The first-order valence-electron chi connectivity index (χ1n) is 12.5. The van der Waals surface area contributed by atoms with E-state index < -0.39 is 26.2 Å². The number of rotatable bonds is 12. The minimum Gasteiger partial charge on any atom is -0.614 e. The molecular formula is C27H40N2O6S2. The van der Waals surface area contributed by atoms with Crippen LogP contribution in [0.4, 0.5) is 0 Å². The van der Waals surface area contributed by atoms with Gasteiger partial charge in [-0.1, -0.05) is 38.1 Å². The molecule has 37 heavy (non-hydrogen) atoms. The van der Waals surface area contributed by atoms with Crippen molar-refractivity contribution in [3.05, 3.63) is 59.7 Å². The van der Waals surface area contributed by atoms with E-state index in [-0.39, 0.29) is 16.9 Å². The lowest BCUT2D eigenvalue weighted by Gasteiger charge is -2.35. The topological polar surface area (TPSA) is 102 Å². The zero-order chi connectivity index (χ0) is 27.3. The predicted molar refractivity (Wildman–Crippen MR) is 148 cm³/mol. The minimum atomic E-state index is -3.73. The van der Waals surface area contributed by atoms with E-state index in [9.17, 15) is 18.1 Å². The van der Waals surface area contributed by atoms with Gasteiger partial charge in [0.05, 0.1) is 5.75 Å². The van der Waals surface area contributed by atoms with Crippen LogP contribution in [0.5, 0.6) is 11.5 Å². The molecule has 1 atom stereocenters. The van der Waals surface area contributed by atoms with E-state index in [0.717, 1.165) is 43.9 Å². The number of hydrogen-bond acceptors (Lipinski definition) is 8. The molecule has 3 rings (SSSR count). The lowest BCUT2D eigenvalue weighted by molar-refractivity contribution is 0.0923. The minimum absolute atomic E-state index is 0.0835. The Bertz CT molecular complexity index is 1100. The number of aromatic hydroxyl groups is 1. The van der Waals surface area contributed by atoms with E-state index in [1.165, 1.54) is 0 Å². The SMILES string of the molecule is COC(C)(C)[S+]([O-])CCN1CCN(CCS(=O)(=O)Oc2ccc(C(C)(C)c3ccc(O)cc3)cc2)CC1. The van der Waals surface area contributed by atoms with Crippen molar-refractivity contribution in [1.82, 2.24) is 9.80 Å². The van der Waals surface area contributed by atoms with Crippen LogP contribution in [0.2, 0.25) is 0 Å². The highest BCUT2D eigenvalue weighted by Gasteiger charge is 2.32. The summed E-state index contributed by atoms with van der Waals surface area (Å²) in [6, 6.07) is 14.2. The van der Waals surface area contributed by atoms with Crippen molar-refractivity contribution < 1.29 is 27.0 Å². The number of phenols is 1. The highest BCUT2D eigenvalue weighted by molar-refractivity contribution is 7.92. The van der Waals surface area contributed by atoms with Crippen molar-refractivity contribution >= 4 is 21.3 Å². The molecule has 2 aromatic rings. The maximum Gasteiger partial charge on any atom is 0.310 e. The molecule has 0 aliphatic carbocycles. The average Bonchev–Trinajstić information content (AvgIpc) is 2.87. The molecule has 8 nitrogen and oxygen atoms in total. The van der Waals surface area contributed by atoms with Crippen LogP contribution in [-0.4, -0.2) is 90.7 Å². The van der Waals surface area contributed by atoms with E-state index >= 15 is 0 Å². The van der Waals surface area contributed by atoms with Crippen LogP contribution < -0.4 is 4.18 Å². The molecule has 1 saturated heterocycles.